The minimum atomic E-state index is 0.481. The summed E-state index contributed by atoms with van der Waals surface area (Å²) in [6.45, 7) is 4.40. The van der Waals surface area contributed by atoms with Gasteiger partial charge in [-0.25, -0.2) is 9.97 Å². The van der Waals surface area contributed by atoms with E-state index in [2.05, 4.69) is 19.4 Å². The van der Waals surface area contributed by atoms with Crippen molar-refractivity contribution >= 4 is 0 Å². The molecule has 0 N–H and O–H groups in total. The Morgan fingerprint density at radius 2 is 1.78 bits per heavy atom. The van der Waals surface area contributed by atoms with E-state index in [1.807, 2.05) is 25.5 Å². The molecule has 1 saturated carbocycles. The third kappa shape index (κ3) is 2.90. The van der Waals surface area contributed by atoms with Crippen LogP contribution in [0, 0.1) is 6.92 Å². The first-order chi connectivity index (χ1) is 11.3. The summed E-state index contributed by atoms with van der Waals surface area (Å²) in [5.41, 5.74) is 1.14. The molecule has 0 bridgehead atoms. The Labute approximate surface area is 137 Å². The molecule has 2 fully saturated rings. The van der Waals surface area contributed by atoms with Gasteiger partial charge in [-0.2, -0.15) is 0 Å². The van der Waals surface area contributed by atoms with Crippen molar-refractivity contribution in [1.82, 2.24) is 24.4 Å². The zero-order valence-corrected chi connectivity index (χ0v) is 13.9. The van der Waals surface area contributed by atoms with Crippen LogP contribution in [0.2, 0.25) is 0 Å². The van der Waals surface area contributed by atoms with Crippen LogP contribution >= 0.6 is 0 Å². The molecule has 5 nitrogen and oxygen atoms in total. The van der Waals surface area contributed by atoms with E-state index in [1.165, 1.54) is 45.1 Å². The monoisotopic (exact) mass is 311 g/mol. The van der Waals surface area contributed by atoms with Gasteiger partial charge < -0.3 is 0 Å². The van der Waals surface area contributed by atoms with Gasteiger partial charge in [-0.05, 0) is 39.2 Å². The van der Waals surface area contributed by atoms with Gasteiger partial charge in [0, 0.05) is 43.3 Å². The third-order valence-corrected chi connectivity index (χ3v) is 5.44. The number of hydrogen-bond acceptors (Lipinski definition) is 4. The van der Waals surface area contributed by atoms with Gasteiger partial charge in [0.2, 0.25) is 0 Å². The maximum atomic E-state index is 4.72. The van der Waals surface area contributed by atoms with Gasteiger partial charge in [0.15, 0.2) is 5.82 Å². The van der Waals surface area contributed by atoms with Crippen LogP contribution in [0.5, 0.6) is 0 Å². The number of piperidine rings is 1. The van der Waals surface area contributed by atoms with Crippen molar-refractivity contribution in [3.8, 4) is 5.82 Å². The summed E-state index contributed by atoms with van der Waals surface area (Å²) in [7, 11) is 0. The number of nitrogens with zero attached hydrogens (tertiary/aromatic N) is 5. The number of hydrogen-bond donors (Lipinski definition) is 0. The Morgan fingerprint density at radius 1 is 0.957 bits per heavy atom. The summed E-state index contributed by atoms with van der Waals surface area (Å²) in [6.07, 6.45) is 15.5. The summed E-state index contributed by atoms with van der Waals surface area (Å²) in [4.78, 5) is 16.4. The number of aromatic nitrogens is 4. The number of aryl methyl sites for hydroxylation is 1. The van der Waals surface area contributed by atoms with Crippen molar-refractivity contribution in [3.63, 3.8) is 0 Å². The van der Waals surface area contributed by atoms with Crippen molar-refractivity contribution in [1.29, 1.82) is 0 Å². The average Bonchev–Trinajstić information content (AvgIpc) is 3.26. The maximum Gasteiger partial charge on any atom is 0.160 e. The highest BCUT2D eigenvalue weighted by atomic mass is 15.2. The molecule has 23 heavy (non-hydrogen) atoms. The quantitative estimate of drug-likeness (QED) is 0.874. The Bertz CT molecular complexity index is 659. The van der Waals surface area contributed by atoms with Crippen molar-refractivity contribution in [2.24, 2.45) is 0 Å². The molecule has 4 rings (SSSR count). The lowest BCUT2D eigenvalue weighted by Crippen LogP contribution is -2.41. The molecule has 122 valence electrons. The molecular weight excluding hydrogens is 286 g/mol. The lowest BCUT2D eigenvalue weighted by molar-refractivity contribution is 0.148. The van der Waals surface area contributed by atoms with Gasteiger partial charge >= 0.3 is 0 Å². The minimum absolute atomic E-state index is 0.481. The summed E-state index contributed by atoms with van der Waals surface area (Å²) in [5.74, 6) is 2.41. The van der Waals surface area contributed by atoms with Gasteiger partial charge in [0.25, 0.3) is 0 Å². The second kappa shape index (κ2) is 6.40. The van der Waals surface area contributed by atoms with Gasteiger partial charge in [-0.1, -0.05) is 12.8 Å². The van der Waals surface area contributed by atoms with E-state index in [9.17, 15) is 0 Å². The molecule has 0 aromatic carbocycles. The summed E-state index contributed by atoms with van der Waals surface area (Å²) in [6, 6.07) is 0.799. The zero-order chi connectivity index (χ0) is 15.6. The van der Waals surface area contributed by atoms with E-state index in [4.69, 9.17) is 4.98 Å². The molecule has 0 spiro atoms. The maximum absolute atomic E-state index is 4.72. The first-order valence-electron chi connectivity index (χ1n) is 8.88. The normalized spacial score (nSPS) is 23.4. The van der Waals surface area contributed by atoms with E-state index < -0.39 is 0 Å². The van der Waals surface area contributed by atoms with Crippen molar-refractivity contribution in [3.05, 3.63) is 36.3 Å². The van der Waals surface area contributed by atoms with Crippen LogP contribution in [0.15, 0.2) is 24.8 Å². The fraction of sp³-hybridized carbons (Fsp3) is 0.611. The van der Waals surface area contributed by atoms with Crippen LogP contribution in [-0.2, 0) is 0 Å². The van der Waals surface area contributed by atoms with Crippen LogP contribution in [-0.4, -0.2) is 43.6 Å². The van der Waals surface area contributed by atoms with Gasteiger partial charge in [-0.3, -0.25) is 14.5 Å². The first-order valence-corrected chi connectivity index (χ1v) is 8.88. The molecule has 0 amide bonds. The zero-order valence-electron chi connectivity index (χ0n) is 13.9. The van der Waals surface area contributed by atoms with Crippen molar-refractivity contribution < 1.29 is 0 Å². The van der Waals surface area contributed by atoms with Gasteiger partial charge in [0.1, 0.15) is 5.82 Å². The van der Waals surface area contributed by atoms with Gasteiger partial charge in [-0.15, -0.1) is 0 Å². The molecular formula is C18H25N5. The lowest BCUT2D eigenvalue weighted by Gasteiger charge is -2.36. The molecule has 0 unspecified atom stereocenters. The predicted octanol–water partition coefficient (Wildman–Crippen LogP) is 3.09. The molecule has 2 aliphatic rings. The fourth-order valence-electron chi connectivity index (χ4n) is 4.25. The molecule has 2 aromatic heterocycles. The fourth-order valence-corrected chi connectivity index (χ4v) is 4.25. The van der Waals surface area contributed by atoms with Crippen LogP contribution < -0.4 is 0 Å². The third-order valence-electron chi connectivity index (χ3n) is 5.44. The molecule has 0 radical (unpaired) electrons. The lowest BCUT2D eigenvalue weighted by atomic mass is 9.93. The van der Waals surface area contributed by atoms with Crippen LogP contribution in [0.25, 0.3) is 5.82 Å². The number of imidazole rings is 1. The SMILES string of the molecule is Cc1nccn1-c1nccnc1[C@H]1CCCN(C2CCCC2)C1. The van der Waals surface area contributed by atoms with Crippen molar-refractivity contribution in [2.45, 2.75) is 57.4 Å². The van der Waals surface area contributed by atoms with E-state index in [0.29, 0.717) is 5.92 Å². The Hall–Kier alpha value is -1.75. The highest BCUT2D eigenvalue weighted by Gasteiger charge is 2.30. The van der Waals surface area contributed by atoms with Gasteiger partial charge in [0.05, 0.1) is 5.69 Å². The molecule has 1 aliphatic carbocycles. The van der Waals surface area contributed by atoms with E-state index in [0.717, 1.165) is 29.9 Å². The molecule has 1 saturated heterocycles. The Kier molecular flexibility index (Phi) is 4.12. The molecule has 5 heteroatoms. The van der Waals surface area contributed by atoms with E-state index in [-0.39, 0.29) is 0 Å². The van der Waals surface area contributed by atoms with Crippen LogP contribution in [0.3, 0.4) is 0 Å². The molecule has 1 atom stereocenters. The first kappa shape index (κ1) is 14.8. The van der Waals surface area contributed by atoms with Crippen LogP contribution in [0.1, 0.15) is 56.0 Å². The predicted molar refractivity (Wildman–Crippen MR) is 89.7 cm³/mol. The average molecular weight is 311 g/mol. The second-order valence-electron chi connectivity index (χ2n) is 6.88. The number of likely N-dealkylation sites (tertiary alicyclic amines) is 1. The molecule has 3 heterocycles. The highest BCUT2D eigenvalue weighted by molar-refractivity contribution is 5.33. The summed E-state index contributed by atoms with van der Waals surface area (Å²) < 4.78 is 2.07. The Morgan fingerprint density at radius 3 is 2.57 bits per heavy atom. The summed E-state index contributed by atoms with van der Waals surface area (Å²) in [5, 5.41) is 0. The summed E-state index contributed by atoms with van der Waals surface area (Å²) >= 11 is 0. The largest absolute Gasteiger partial charge is 0.300 e. The van der Waals surface area contributed by atoms with Crippen LogP contribution in [0.4, 0.5) is 0 Å². The Balaban J connectivity index is 1.61. The highest BCUT2D eigenvalue weighted by Crippen LogP contribution is 2.33. The smallest absolute Gasteiger partial charge is 0.160 e. The topological polar surface area (TPSA) is 46.8 Å². The molecule has 1 aliphatic heterocycles. The standard InChI is InChI=1S/C18H25N5/c1-14-19-10-12-23(14)18-17(20-8-9-21-18)15-5-4-11-22(13-15)16-6-2-3-7-16/h8-10,12,15-16H,2-7,11,13H2,1H3/t15-/m0/s1. The second-order valence-corrected chi connectivity index (χ2v) is 6.88. The van der Waals surface area contributed by atoms with E-state index >= 15 is 0 Å². The number of rotatable bonds is 3. The molecule has 2 aromatic rings. The van der Waals surface area contributed by atoms with Crippen molar-refractivity contribution in [2.75, 3.05) is 13.1 Å². The van der Waals surface area contributed by atoms with E-state index in [1.54, 1.807) is 6.20 Å². The minimum Gasteiger partial charge on any atom is -0.300 e.